The maximum atomic E-state index is 13.4. The molecule has 2 aromatic rings. The summed E-state index contributed by atoms with van der Waals surface area (Å²) in [7, 11) is -4.09. The smallest absolute Gasteiger partial charge is 0.338 e. The zero-order valence-corrected chi connectivity index (χ0v) is 13.6. The fourth-order valence-electron chi connectivity index (χ4n) is 1.93. The van der Waals surface area contributed by atoms with Crippen LogP contribution in [0.5, 0.6) is 5.75 Å². The van der Waals surface area contributed by atoms with Gasteiger partial charge in [0.1, 0.15) is 11.6 Å². The molecule has 2 N–H and O–H groups in total. The molecule has 6 nitrogen and oxygen atoms in total. The lowest BCUT2D eigenvalue weighted by Gasteiger charge is -2.13. The van der Waals surface area contributed by atoms with Crippen LogP contribution < -0.4 is 9.46 Å². The van der Waals surface area contributed by atoms with Crippen LogP contribution in [0.1, 0.15) is 23.7 Å². The van der Waals surface area contributed by atoms with Crippen molar-refractivity contribution in [2.24, 2.45) is 0 Å². The lowest BCUT2D eigenvalue weighted by atomic mass is 10.2. The summed E-state index contributed by atoms with van der Waals surface area (Å²) >= 11 is 0. The fourth-order valence-corrected chi connectivity index (χ4v) is 3.02. The van der Waals surface area contributed by atoms with E-state index in [4.69, 9.17) is 9.84 Å². The van der Waals surface area contributed by atoms with Crippen LogP contribution in [0.15, 0.2) is 47.4 Å². The van der Waals surface area contributed by atoms with Gasteiger partial charge in [-0.25, -0.2) is 17.6 Å². The third-order valence-corrected chi connectivity index (χ3v) is 4.43. The Labute approximate surface area is 138 Å². The summed E-state index contributed by atoms with van der Waals surface area (Å²) in [5.74, 6) is -2.20. The van der Waals surface area contributed by atoms with E-state index in [0.717, 1.165) is 24.6 Å². The lowest BCUT2D eigenvalue weighted by Crippen LogP contribution is -2.15. The summed E-state index contributed by atoms with van der Waals surface area (Å²) < 4.78 is 46.1. The molecular weight excluding hydrogens is 337 g/mol. The number of hydrogen-bond acceptors (Lipinski definition) is 4. The van der Waals surface area contributed by atoms with Crippen molar-refractivity contribution < 1.29 is 27.4 Å². The van der Waals surface area contributed by atoms with Crippen LogP contribution in [-0.4, -0.2) is 26.1 Å². The van der Waals surface area contributed by atoms with Gasteiger partial charge in [-0.3, -0.25) is 4.72 Å². The van der Waals surface area contributed by atoms with Gasteiger partial charge in [0.15, 0.2) is 0 Å². The maximum absolute atomic E-state index is 13.4. The molecule has 24 heavy (non-hydrogen) atoms. The Morgan fingerprint density at radius 3 is 2.62 bits per heavy atom. The summed E-state index contributed by atoms with van der Waals surface area (Å²) in [6, 6.07) is 9.03. The van der Waals surface area contributed by atoms with Gasteiger partial charge in [-0.15, -0.1) is 0 Å². The maximum Gasteiger partial charge on any atom is 0.338 e. The number of sulfonamides is 1. The zero-order chi connectivity index (χ0) is 17.7. The SMILES string of the molecule is CCCOc1ccccc1NS(=O)(=O)c1ccc(F)c(C(=O)O)c1. The molecule has 0 saturated heterocycles. The van der Waals surface area contributed by atoms with E-state index in [2.05, 4.69) is 4.72 Å². The van der Waals surface area contributed by atoms with Gasteiger partial charge in [0.25, 0.3) is 10.0 Å². The predicted octanol–water partition coefficient (Wildman–Crippen LogP) is 3.11. The van der Waals surface area contributed by atoms with E-state index in [-0.39, 0.29) is 10.6 Å². The van der Waals surface area contributed by atoms with Gasteiger partial charge in [0.2, 0.25) is 0 Å². The molecule has 0 aliphatic rings. The Morgan fingerprint density at radius 1 is 1.25 bits per heavy atom. The van der Waals surface area contributed by atoms with Crippen LogP contribution in [-0.2, 0) is 10.0 Å². The third-order valence-electron chi connectivity index (χ3n) is 3.07. The van der Waals surface area contributed by atoms with Gasteiger partial charge >= 0.3 is 5.97 Å². The number of anilines is 1. The van der Waals surface area contributed by atoms with Crippen molar-refractivity contribution in [3.8, 4) is 5.75 Å². The van der Waals surface area contributed by atoms with E-state index >= 15 is 0 Å². The zero-order valence-electron chi connectivity index (χ0n) is 12.8. The summed E-state index contributed by atoms with van der Waals surface area (Å²) in [6.07, 6.45) is 0.751. The standard InChI is InChI=1S/C16H16FNO5S/c1-2-9-23-15-6-4-3-5-14(15)18-24(21,22)11-7-8-13(17)12(10-11)16(19)20/h3-8,10,18H,2,9H2,1H3,(H,19,20). The highest BCUT2D eigenvalue weighted by Gasteiger charge is 2.20. The second-order valence-electron chi connectivity index (χ2n) is 4.90. The highest BCUT2D eigenvalue weighted by atomic mass is 32.2. The second kappa shape index (κ2) is 7.31. The van der Waals surface area contributed by atoms with Crippen LogP contribution >= 0.6 is 0 Å². The van der Waals surface area contributed by atoms with E-state index in [0.29, 0.717) is 12.4 Å². The number of aromatic carboxylic acids is 1. The Bertz CT molecular complexity index is 851. The first-order valence-electron chi connectivity index (χ1n) is 7.12. The topological polar surface area (TPSA) is 92.7 Å². The fraction of sp³-hybridized carbons (Fsp3) is 0.188. The molecule has 0 amide bonds. The monoisotopic (exact) mass is 353 g/mol. The molecular formula is C16H16FNO5S. The van der Waals surface area contributed by atoms with E-state index in [1.807, 2.05) is 6.92 Å². The third kappa shape index (κ3) is 4.02. The minimum Gasteiger partial charge on any atom is -0.491 e. The number of carbonyl (C=O) groups is 1. The molecule has 8 heteroatoms. The first-order valence-corrected chi connectivity index (χ1v) is 8.61. The number of carboxylic acid groups (broad SMARTS) is 1. The number of halogens is 1. The Balaban J connectivity index is 2.36. The average Bonchev–Trinajstić information content (AvgIpc) is 2.53. The number of hydrogen-bond donors (Lipinski definition) is 2. The Kier molecular flexibility index (Phi) is 5.40. The van der Waals surface area contributed by atoms with Gasteiger partial charge in [0.05, 0.1) is 22.8 Å². The van der Waals surface area contributed by atoms with Crippen molar-refractivity contribution in [2.45, 2.75) is 18.2 Å². The van der Waals surface area contributed by atoms with Crippen LogP contribution in [0.25, 0.3) is 0 Å². The van der Waals surface area contributed by atoms with E-state index in [1.54, 1.807) is 18.2 Å². The summed E-state index contributed by atoms with van der Waals surface area (Å²) in [5.41, 5.74) is -0.499. The molecule has 0 fully saturated rings. The predicted molar refractivity (Wildman–Crippen MR) is 86.4 cm³/mol. The Morgan fingerprint density at radius 2 is 1.96 bits per heavy atom. The number of benzene rings is 2. The minimum atomic E-state index is -4.09. The van der Waals surface area contributed by atoms with Gasteiger partial charge in [0, 0.05) is 0 Å². The van der Waals surface area contributed by atoms with Crippen molar-refractivity contribution in [1.82, 2.24) is 0 Å². The van der Waals surface area contributed by atoms with Crippen LogP contribution in [0.4, 0.5) is 10.1 Å². The molecule has 0 radical (unpaired) electrons. The van der Waals surface area contributed by atoms with Crippen molar-refractivity contribution in [3.63, 3.8) is 0 Å². The van der Waals surface area contributed by atoms with Crippen molar-refractivity contribution in [3.05, 3.63) is 53.8 Å². The average molecular weight is 353 g/mol. The van der Waals surface area contributed by atoms with Gasteiger partial charge in [-0.1, -0.05) is 19.1 Å². The second-order valence-corrected chi connectivity index (χ2v) is 6.58. The van der Waals surface area contributed by atoms with Crippen LogP contribution in [0.3, 0.4) is 0 Å². The van der Waals surface area contributed by atoms with Crippen molar-refractivity contribution >= 4 is 21.7 Å². The number of carboxylic acids is 1. The van der Waals surface area contributed by atoms with Crippen molar-refractivity contribution in [1.29, 1.82) is 0 Å². The largest absolute Gasteiger partial charge is 0.491 e. The van der Waals surface area contributed by atoms with E-state index in [9.17, 15) is 17.6 Å². The van der Waals surface area contributed by atoms with E-state index < -0.39 is 27.4 Å². The molecule has 0 atom stereocenters. The number of ether oxygens (including phenoxy) is 1. The van der Waals surface area contributed by atoms with Crippen molar-refractivity contribution in [2.75, 3.05) is 11.3 Å². The quantitative estimate of drug-likeness (QED) is 0.798. The molecule has 0 aliphatic heterocycles. The molecule has 2 rings (SSSR count). The normalized spacial score (nSPS) is 11.1. The molecule has 0 aromatic heterocycles. The Hall–Kier alpha value is -2.61. The first kappa shape index (κ1) is 17.7. The van der Waals surface area contributed by atoms with Gasteiger partial charge < -0.3 is 9.84 Å². The highest BCUT2D eigenvalue weighted by molar-refractivity contribution is 7.92. The highest BCUT2D eigenvalue weighted by Crippen LogP contribution is 2.27. The molecule has 0 spiro atoms. The summed E-state index contributed by atoms with van der Waals surface area (Å²) in [5, 5.41) is 8.91. The number of rotatable bonds is 7. The molecule has 0 saturated carbocycles. The van der Waals surface area contributed by atoms with Crippen LogP contribution in [0.2, 0.25) is 0 Å². The van der Waals surface area contributed by atoms with Gasteiger partial charge in [-0.2, -0.15) is 0 Å². The first-order chi connectivity index (χ1) is 11.3. The summed E-state index contributed by atoms with van der Waals surface area (Å²) in [4.78, 5) is 10.6. The lowest BCUT2D eigenvalue weighted by molar-refractivity contribution is 0.0691. The molecule has 0 heterocycles. The molecule has 2 aromatic carbocycles. The molecule has 0 aliphatic carbocycles. The molecule has 0 bridgehead atoms. The van der Waals surface area contributed by atoms with Crippen LogP contribution in [0, 0.1) is 5.82 Å². The van der Waals surface area contributed by atoms with Gasteiger partial charge in [-0.05, 0) is 36.8 Å². The number of para-hydroxylation sites is 2. The number of nitrogens with one attached hydrogen (secondary N) is 1. The minimum absolute atomic E-state index is 0.215. The van der Waals surface area contributed by atoms with E-state index in [1.165, 1.54) is 6.07 Å². The summed E-state index contributed by atoms with van der Waals surface area (Å²) in [6.45, 7) is 2.33. The molecule has 0 unspecified atom stereocenters. The molecule has 128 valence electrons.